The van der Waals surface area contributed by atoms with Crippen LogP contribution in [0.25, 0.3) is 0 Å². The molecule has 0 aromatic rings. The van der Waals surface area contributed by atoms with Gasteiger partial charge in [0.05, 0.1) is 6.10 Å². The maximum atomic E-state index is 9.40. The molecular weight excluding hydrogens is 168 g/mol. The predicted molar refractivity (Wildman–Crippen MR) is 57.8 cm³/mol. The van der Waals surface area contributed by atoms with Gasteiger partial charge >= 0.3 is 0 Å². The molecule has 0 spiro atoms. The van der Waals surface area contributed by atoms with Crippen LogP contribution >= 0.6 is 11.8 Å². The summed E-state index contributed by atoms with van der Waals surface area (Å²) in [5, 5.41) is 9.40. The normalized spacial score (nSPS) is 13.2. The van der Waals surface area contributed by atoms with Crippen molar-refractivity contribution in [3.8, 4) is 0 Å². The lowest BCUT2D eigenvalue weighted by Gasteiger charge is -2.07. The summed E-state index contributed by atoms with van der Waals surface area (Å²) in [7, 11) is 0. The van der Waals surface area contributed by atoms with E-state index in [0.29, 0.717) is 0 Å². The Labute approximate surface area is 80.9 Å². The minimum absolute atomic E-state index is 0.0377. The highest BCUT2D eigenvalue weighted by Gasteiger charge is 2.00. The zero-order valence-electron chi connectivity index (χ0n) is 8.38. The van der Waals surface area contributed by atoms with Crippen LogP contribution in [-0.2, 0) is 0 Å². The van der Waals surface area contributed by atoms with E-state index in [1.807, 2.05) is 11.8 Å². The zero-order valence-corrected chi connectivity index (χ0v) is 9.20. The second-order valence-electron chi connectivity index (χ2n) is 3.28. The molecule has 0 saturated carbocycles. The summed E-state index contributed by atoms with van der Waals surface area (Å²) < 4.78 is 0. The van der Waals surface area contributed by atoms with Gasteiger partial charge in [0.1, 0.15) is 0 Å². The fourth-order valence-corrected chi connectivity index (χ4v) is 1.77. The van der Waals surface area contributed by atoms with E-state index in [-0.39, 0.29) is 6.10 Å². The molecular formula is C10H22OS. The Hall–Kier alpha value is 0.310. The van der Waals surface area contributed by atoms with E-state index in [1.54, 1.807) is 0 Å². The first-order valence-electron chi connectivity index (χ1n) is 4.98. The maximum Gasteiger partial charge on any atom is 0.0540 e. The van der Waals surface area contributed by atoms with Crippen molar-refractivity contribution in [3.05, 3.63) is 0 Å². The van der Waals surface area contributed by atoms with Crippen molar-refractivity contribution >= 4 is 11.8 Å². The summed E-state index contributed by atoms with van der Waals surface area (Å²) in [5.74, 6) is 1.27. The summed E-state index contributed by atoms with van der Waals surface area (Å²) >= 11 is 1.91. The second kappa shape index (κ2) is 9.40. The van der Waals surface area contributed by atoms with Crippen LogP contribution in [0, 0.1) is 0 Å². The highest BCUT2D eigenvalue weighted by Crippen LogP contribution is 2.09. The van der Waals surface area contributed by atoms with Gasteiger partial charge in [0.2, 0.25) is 0 Å². The van der Waals surface area contributed by atoms with Gasteiger partial charge in [-0.3, -0.25) is 0 Å². The topological polar surface area (TPSA) is 20.2 Å². The van der Waals surface area contributed by atoms with E-state index in [0.717, 1.165) is 19.3 Å². The first-order valence-corrected chi connectivity index (χ1v) is 6.37. The van der Waals surface area contributed by atoms with E-state index >= 15 is 0 Å². The molecule has 0 bridgehead atoms. The van der Waals surface area contributed by atoms with Gasteiger partial charge in [0.25, 0.3) is 0 Å². The summed E-state index contributed by atoms with van der Waals surface area (Å²) in [5.41, 5.74) is 0. The predicted octanol–water partition coefficient (Wildman–Crippen LogP) is 3.07. The Morgan fingerprint density at radius 2 is 1.92 bits per heavy atom. The molecule has 1 N–H and O–H groups in total. The number of hydrogen-bond acceptors (Lipinski definition) is 2. The van der Waals surface area contributed by atoms with E-state index in [9.17, 15) is 5.11 Å². The van der Waals surface area contributed by atoms with Gasteiger partial charge in [0.15, 0.2) is 0 Å². The van der Waals surface area contributed by atoms with Gasteiger partial charge < -0.3 is 5.11 Å². The van der Waals surface area contributed by atoms with Crippen molar-refractivity contribution in [1.29, 1.82) is 0 Å². The third-order valence-corrected chi connectivity index (χ3v) is 2.70. The van der Waals surface area contributed by atoms with Gasteiger partial charge in [0, 0.05) is 0 Å². The molecule has 0 aliphatic rings. The average Bonchev–Trinajstić information content (AvgIpc) is 2.05. The fourth-order valence-electron chi connectivity index (χ4n) is 1.28. The summed E-state index contributed by atoms with van der Waals surface area (Å²) in [6.45, 7) is 2.12. The number of rotatable bonds is 8. The van der Waals surface area contributed by atoms with E-state index < -0.39 is 0 Å². The molecule has 1 atom stereocenters. The molecule has 0 saturated heterocycles. The van der Waals surface area contributed by atoms with Gasteiger partial charge in [-0.2, -0.15) is 11.8 Å². The third kappa shape index (κ3) is 8.41. The molecule has 74 valence electrons. The van der Waals surface area contributed by atoms with Crippen molar-refractivity contribution < 1.29 is 5.11 Å². The first kappa shape index (κ1) is 12.3. The van der Waals surface area contributed by atoms with E-state index in [4.69, 9.17) is 0 Å². The van der Waals surface area contributed by atoms with Crippen molar-refractivity contribution in [1.82, 2.24) is 0 Å². The highest BCUT2D eigenvalue weighted by molar-refractivity contribution is 7.98. The molecule has 0 aromatic carbocycles. The van der Waals surface area contributed by atoms with Crippen LogP contribution < -0.4 is 0 Å². The Balaban J connectivity index is 2.97. The fraction of sp³-hybridized carbons (Fsp3) is 1.00. The van der Waals surface area contributed by atoms with E-state index in [1.165, 1.54) is 25.0 Å². The molecule has 0 aromatic heterocycles. The molecule has 12 heavy (non-hydrogen) atoms. The zero-order chi connectivity index (χ0) is 9.23. The van der Waals surface area contributed by atoms with Crippen LogP contribution in [0.2, 0.25) is 0 Å². The SMILES string of the molecule is CCCC(O)CCCCCSC. The maximum absolute atomic E-state index is 9.40. The molecule has 0 heterocycles. The summed E-state index contributed by atoms with van der Waals surface area (Å²) in [4.78, 5) is 0. The molecule has 0 fully saturated rings. The Kier molecular flexibility index (Phi) is 9.64. The van der Waals surface area contributed by atoms with Crippen molar-refractivity contribution in [3.63, 3.8) is 0 Å². The molecule has 1 nitrogen and oxygen atoms in total. The smallest absolute Gasteiger partial charge is 0.0540 e. The quantitative estimate of drug-likeness (QED) is 0.594. The average molecular weight is 190 g/mol. The standard InChI is InChI=1S/C10H22OS/c1-3-7-10(11)8-5-4-6-9-12-2/h10-11H,3-9H2,1-2H3. The number of unbranched alkanes of at least 4 members (excludes halogenated alkanes) is 2. The minimum atomic E-state index is -0.0377. The molecule has 2 heteroatoms. The third-order valence-electron chi connectivity index (χ3n) is 2.01. The number of aliphatic hydroxyl groups excluding tert-OH is 1. The van der Waals surface area contributed by atoms with E-state index in [2.05, 4.69) is 13.2 Å². The molecule has 1 unspecified atom stereocenters. The lowest BCUT2D eigenvalue weighted by molar-refractivity contribution is 0.150. The minimum Gasteiger partial charge on any atom is -0.393 e. The molecule has 0 amide bonds. The Bertz CT molecular complexity index is 85.9. The molecule has 0 radical (unpaired) electrons. The van der Waals surface area contributed by atoms with Crippen molar-refractivity contribution in [2.75, 3.05) is 12.0 Å². The van der Waals surface area contributed by atoms with Crippen LogP contribution in [-0.4, -0.2) is 23.2 Å². The molecule has 0 aliphatic carbocycles. The number of thioether (sulfide) groups is 1. The van der Waals surface area contributed by atoms with Gasteiger partial charge in [-0.25, -0.2) is 0 Å². The summed E-state index contributed by atoms with van der Waals surface area (Å²) in [6.07, 6.45) is 8.97. The van der Waals surface area contributed by atoms with Crippen molar-refractivity contribution in [2.45, 2.75) is 51.6 Å². The van der Waals surface area contributed by atoms with Crippen molar-refractivity contribution in [2.24, 2.45) is 0 Å². The second-order valence-corrected chi connectivity index (χ2v) is 4.27. The van der Waals surface area contributed by atoms with Crippen LogP contribution in [0.3, 0.4) is 0 Å². The molecule has 0 aliphatic heterocycles. The molecule has 0 rings (SSSR count). The lowest BCUT2D eigenvalue weighted by Crippen LogP contribution is -2.04. The number of hydrogen-bond donors (Lipinski definition) is 1. The van der Waals surface area contributed by atoms with Crippen LogP contribution in [0.1, 0.15) is 45.4 Å². The van der Waals surface area contributed by atoms with Crippen LogP contribution in [0.5, 0.6) is 0 Å². The van der Waals surface area contributed by atoms with Crippen LogP contribution in [0.4, 0.5) is 0 Å². The van der Waals surface area contributed by atoms with Gasteiger partial charge in [-0.15, -0.1) is 0 Å². The highest BCUT2D eigenvalue weighted by atomic mass is 32.2. The largest absolute Gasteiger partial charge is 0.393 e. The Morgan fingerprint density at radius 1 is 1.17 bits per heavy atom. The Morgan fingerprint density at radius 3 is 2.50 bits per heavy atom. The number of aliphatic hydroxyl groups is 1. The van der Waals surface area contributed by atoms with Crippen LogP contribution in [0.15, 0.2) is 0 Å². The summed E-state index contributed by atoms with van der Waals surface area (Å²) in [6, 6.07) is 0. The monoisotopic (exact) mass is 190 g/mol. The van der Waals surface area contributed by atoms with Gasteiger partial charge in [-0.05, 0) is 31.3 Å². The van der Waals surface area contributed by atoms with Gasteiger partial charge in [-0.1, -0.05) is 26.2 Å². The first-order chi connectivity index (χ1) is 5.81. The lowest BCUT2D eigenvalue weighted by atomic mass is 10.1.